The highest BCUT2D eigenvalue weighted by molar-refractivity contribution is 4.71. The molecule has 1 unspecified atom stereocenters. The van der Waals surface area contributed by atoms with Gasteiger partial charge in [0, 0.05) is 6.54 Å². The lowest BCUT2D eigenvalue weighted by Gasteiger charge is -2.27. The molecule has 0 aliphatic heterocycles. The summed E-state index contributed by atoms with van der Waals surface area (Å²) in [6.07, 6.45) is 6.04. The van der Waals surface area contributed by atoms with Gasteiger partial charge in [0.2, 0.25) is 0 Å². The highest BCUT2D eigenvalue weighted by Crippen LogP contribution is 2.25. The Bertz CT molecular complexity index is 201. The van der Waals surface area contributed by atoms with Gasteiger partial charge in [0.25, 0.3) is 0 Å². The third-order valence-electron chi connectivity index (χ3n) is 3.77. The molecule has 0 radical (unpaired) electrons. The van der Waals surface area contributed by atoms with Crippen LogP contribution in [0.25, 0.3) is 0 Å². The molecule has 2 N–H and O–H groups in total. The SMILES string of the molecule is CC(C)CCNCC(O)COC1CCC(C)CC1. The van der Waals surface area contributed by atoms with Gasteiger partial charge in [0.1, 0.15) is 0 Å². The summed E-state index contributed by atoms with van der Waals surface area (Å²) < 4.78 is 5.78. The van der Waals surface area contributed by atoms with Crippen molar-refractivity contribution in [3.05, 3.63) is 0 Å². The second-order valence-electron chi connectivity index (χ2n) is 6.26. The van der Waals surface area contributed by atoms with Gasteiger partial charge < -0.3 is 15.2 Å². The molecule has 1 aliphatic carbocycles. The molecule has 18 heavy (non-hydrogen) atoms. The van der Waals surface area contributed by atoms with Gasteiger partial charge in [-0.3, -0.25) is 0 Å². The maximum atomic E-state index is 9.81. The molecule has 0 heterocycles. The molecule has 0 amide bonds. The van der Waals surface area contributed by atoms with Crippen molar-refractivity contribution < 1.29 is 9.84 Å². The van der Waals surface area contributed by atoms with E-state index in [0.717, 1.165) is 37.6 Å². The first-order chi connectivity index (χ1) is 8.58. The molecule has 108 valence electrons. The van der Waals surface area contributed by atoms with Crippen molar-refractivity contribution in [1.29, 1.82) is 0 Å². The van der Waals surface area contributed by atoms with Gasteiger partial charge in [0.15, 0.2) is 0 Å². The van der Waals surface area contributed by atoms with Crippen LogP contribution in [0.2, 0.25) is 0 Å². The molecular weight excluding hydrogens is 226 g/mol. The van der Waals surface area contributed by atoms with Crippen molar-refractivity contribution in [3.63, 3.8) is 0 Å². The largest absolute Gasteiger partial charge is 0.389 e. The highest BCUT2D eigenvalue weighted by Gasteiger charge is 2.19. The molecule has 1 saturated carbocycles. The Balaban J connectivity index is 1.97. The van der Waals surface area contributed by atoms with Gasteiger partial charge in [0.05, 0.1) is 18.8 Å². The monoisotopic (exact) mass is 257 g/mol. The Hall–Kier alpha value is -0.120. The average molecular weight is 257 g/mol. The Morgan fingerprint density at radius 2 is 1.89 bits per heavy atom. The first-order valence-electron chi connectivity index (χ1n) is 7.58. The van der Waals surface area contributed by atoms with Gasteiger partial charge >= 0.3 is 0 Å². The molecule has 1 fully saturated rings. The van der Waals surface area contributed by atoms with Crippen LogP contribution in [-0.4, -0.2) is 37.0 Å². The van der Waals surface area contributed by atoms with Crippen LogP contribution in [0.1, 0.15) is 52.9 Å². The van der Waals surface area contributed by atoms with Gasteiger partial charge in [-0.05, 0) is 50.5 Å². The third-order valence-corrected chi connectivity index (χ3v) is 3.77. The van der Waals surface area contributed by atoms with Crippen molar-refractivity contribution >= 4 is 0 Å². The lowest BCUT2D eigenvalue weighted by molar-refractivity contribution is -0.0277. The van der Waals surface area contributed by atoms with E-state index in [9.17, 15) is 5.11 Å². The lowest BCUT2D eigenvalue weighted by Crippen LogP contribution is -2.33. The molecular formula is C15H31NO2. The fraction of sp³-hybridized carbons (Fsp3) is 1.00. The predicted molar refractivity (Wildman–Crippen MR) is 75.7 cm³/mol. The second kappa shape index (κ2) is 8.89. The molecule has 0 aromatic rings. The van der Waals surface area contributed by atoms with E-state index in [1.807, 2.05) is 0 Å². The maximum absolute atomic E-state index is 9.81. The normalized spacial score (nSPS) is 26.5. The van der Waals surface area contributed by atoms with E-state index in [1.165, 1.54) is 12.8 Å². The molecule has 0 saturated heterocycles. The molecule has 0 spiro atoms. The summed E-state index contributed by atoms with van der Waals surface area (Å²) in [7, 11) is 0. The molecule has 0 aromatic carbocycles. The smallest absolute Gasteiger partial charge is 0.0897 e. The predicted octanol–water partition coefficient (Wildman–Crippen LogP) is 2.58. The minimum Gasteiger partial charge on any atom is -0.389 e. The zero-order valence-corrected chi connectivity index (χ0v) is 12.3. The van der Waals surface area contributed by atoms with Crippen LogP contribution in [0.15, 0.2) is 0 Å². The summed E-state index contributed by atoms with van der Waals surface area (Å²) in [5.74, 6) is 1.57. The minimum atomic E-state index is -0.364. The number of hydrogen-bond acceptors (Lipinski definition) is 3. The molecule has 1 aliphatic rings. The summed E-state index contributed by atoms with van der Waals surface area (Å²) in [4.78, 5) is 0. The van der Waals surface area contributed by atoms with Crippen LogP contribution < -0.4 is 5.32 Å². The zero-order chi connectivity index (χ0) is 13.4. The van der Waals surface area contributed by atoms with Crippen LogP contribution in [-0.2, 0) is 4.74 Å². The van der Waals surface area contributed by atoms with E-state index in [0.29, 0.717) is 19.3 Å². The van der Waals surface area contributed by atoms with Crippen molar-refractivity contribution in [1.82, 2.24) is 5.32 Å². The van der Waals surface area contributed by atoms with Gasteiger partial charge in [-0.15, -0.1) is 0 Å². The molecule has 1 rings (SSSR count). The summed E-state index contributed by atoms with van der Waals surface area (Å²) >= 11 is 0. The van der Waals surface area contributed by atoms with E-state index in [1.54, 1.807) is 0 Å². The number of nitrogens with one attached hydrogen (secondary N) is 1. The Morgan fingerprint density at radius 3 is 2.50 bits per heavy atom. The molecule has 0 aromatic heterocycles. The lowest BCUT2D eigenvalue weighted by atomic mass is 9.89. The van der Waals surface area contributed by atoms with E-state index >= 15 is 0 Å². The number of rotatable bonds is 8. The summed E-state index contributed by atoms with van der Waals surface area (Å²) in [5, 5.41) is 13.1. The summed E-state index contributed by atoms with van der Waals surface area (Å²) in [6, 6.07) is 0. The number of hydrogen-bond donors (Lipinski definition) is 2. The topological polar surface area (TPSA) is 41.5 Å². The van der Waals surface area contributed by atoms with Crippen LogP contribution in [0.4, 0.5) is 0 Å². The fourth-order valence-electron chi connectivity index (χ4n) is 2.36. The van der Waals surface area contributed by atoms with Gasteiger partial charge in [-0.2, -0.15) is 0 Å². The maximum Gasteiger partial charge on any atom is 0.0897 e. The number of aliphatic hydroxyl groups is 1. The molecule has 0 bridgehead atoms. The van der Waals surface area contributed by atoms with Crippen molar-refractivity contribution in [3.8, 4) is 0 Å². The average Bonchev–Trinajstić information content (AvgIpc) is 2.34. The van der Waals surface area contributed by atoms with Crippen molar-refractivity contribution in [2.45, 2.75) is 65.1 Å². The quantitative estimate of drug-likeness (QED) is 0.657. The Kier molecular flexibility index (Phi) is 7.87. The molecule has 3 nitrogen and oxygen atoms in total. The first-order valence-corrected chi connectivity index (χ1v) is 7.58. The second-order valence-corrected chi connectivity index (χ2v) is 6.26. The zero-order valence-electron chi connectivity index (χ0n) is 12.3. The standard InChI is InChI=1S/C15H31NO2/c1-12(2)8-9-16-10-14(17)11-18-15-6-4-13(3)5-7-15/h12-17H,4-11H2,1-3H3. The van der Waals surface area contributed by atoms with E-state index < -0.39 is 0 Å². The van der Waals surface area contributed by atoms with Crippen LogP contribution in [0, 0.1) is 11.8 Å². The molecule has 3 heteroatoms. The summed E-state index contributed by atoms with van der Waals surface area (Å²) in [6.45, 7) is 8.85. The van der Waals surface area contributed by atoms with Gasteiger partial charge in [-0.1, -0.05) is 20.8 Å². The fourth-order valence-corrected chi connectivity index (χ4v) is 2.36. The van der Waals surface area contributed by atoms with Crippen LogP contribution in [0.5, 0.6) is 0 Å². The van der Waals surface area contributed by atoms with Crippen molar-refractivity contribution in [2.75, 3.05) is 19.7 Å². The Morgan fingerprint density at radius 1 is 1.22 bits per heavy atom. The first kappa shape index (κ1) is 15.9. The van der Waals surface area contributed by atoms with Crippen molar-refractivity contribution in [2.24, 2.45) is 11.8 Å². The van der Waals surface area contributed by atoms with E-state index in [4.69, 9.17) is 4.74 Å². The highest BCUT2D eigenvalue weighted by atomic mass is 16.5. The van der Waals surface area contributed by atoms with E-state index in [2.05, 4.69) is 26.1 Å². The van der Waals surface area contributed by atoms with E-state index in [-0.39, 0.29) is 6.10 Å². The third kappa shape index (κ3) is 7.34. The van der Waals surface area contributed by atoms with Gasteiger partial charge in [-0.25, -0.2) is 0 Å². The minimum absolute atomic E-state index is 0.364. The number of ether oxygens (including phenoxy) is 1. The summed E-state index contributed by atoms with van der Waals surface area (Å²) in [5.41, 5.74) is 0. The van der Waals surface area contributed by atoms with Crippen LogP contribution in [0.3, 0.4) is 0 Å². The van der Waals surface area contributed by atoms with Crippen LogP contribution >= 0.6 is 0 Å². The Labute approximate surface area is 112 Å². The molecule has 1 atom stereocenters. The number of aliphatic hydroxyl groups excluding tert-OH is 1.